The number of halogens is 2. The molecule has 0 saturated heterocycles. The average molecular weight is 273 g/mol. The third-order valence-electron chi connectivity index (χ3n) is 2.99. The second-order valence-electron chi connectivity index (χ2n) is 4.09. The second kappa shape index (κ2) is 5.54. The van der Waals surface area contributed by atoms with Crippen molar-refractivity contribution in [1.82, 2.24) is 0 Å². The van der Waals surface area contributed by atoms with Gasteiger partial charge in [-0.3, -0.25) is 0 Å². The summed E-state index contributed by atoms with van der Waals surface area (Å²) < 4.78 is 0. The molecular formula is C13H15Cl2P. The molecule has 1 aliphatic carbocycles. The fourth-order valence-electron chi connectivity index (χ4n) is 2.16. The molecule has 3 heteroatoms. The van der Waals surface area contributed by atoms with Crippen LogP contribution in [0.2, 0.25) is 0 Å². The van der Waals surface area contributed by atoms with Gasteiger partial charge in [-0.2, -0.15) is 0 Å². The number of fused-ring (bicyclic) bond motifs is 1. The van der Waals surface area contributed by atoms with Gasteiger partial charge in [-0.15, -0.1) is 0 Å². The predicted octanol–water partition coefficient (Wildman–Crippen LogP) is 6.10. The lowest BCUT2D eigenvalue weighted by Crippen LogP contribution is -1.86. The molecule has 0 aromatic heterocycles. The van der Waals surface area contributed by atoms with E-state index in [9.17, 15) is 0 Å². The zero-order chi connectivity index (χ0) is 11.5. The number of hydrogen-bond donors (Lipinski definition) is 0. The van der Waals surface area contributed by atoms with E-state index >= 15 is 0 Å². The van der Waals surface area contributed by atoms with Crippen LogP contribution >= 0.6 is 29.1 Å². The summed E-state index contributed by atoms with van der Waals surface area (Å²) >= 11 is 12.2. The van der Waals surface area contributed by atoms with Gasteiger partial charge in [0.15, 0.2) is 0 Å². The van der Waals surface area contributed by atoms with Gasteiger partial charge < -0.3 is 0 Å². The summed E-state index contributed by atoms with van der Waals surface area (Å²) in [6, 6.07) is 8.49. The molecule has 2 rings (SSSR count). The van der Waals surface area contributed by atoms with E-state index in [2.05, 4.69) is 37.3 Å². The van der Waals surface area contributed by atoms with Gasteiger partial charge in [0.25, 0.3) is 0 Å². The average Bonchev–Trinajstić information content (AvgIpc) is 2.65. The monoisotopic (exact) mass is 272 g/mol. The minimum Gasteiger partial charge on any atom is -0.0771 e. The summed E-state index contributed by atoms with van der Waals surface area (Å²) in [6.07, 6.45) is 5.86. The minimum absolute atomic E-state index is 0.237. The van der Waals surface area contributed by atoms with E-state index < -0.39 is 6.63 Å². The first-order chi connectivity index (χ1) is 7.74. The lowest BCUT2D eigenvalue weighted by atomic mass is 10.0. The van der Waals surface area contributed by atoms with Crippen molar-refractivity contribution in [1.29, 1.82) is 0 Å². The van der Waals surface area contributed by atoms with Gasteiger partial charge in [-0.05, 0) is 29.5 Å². The topological polar surface area (TPSA) is 0 Å². The summed E-state index contributed by atoms with van der Waals surface area (Å²) in [7, 11) is 0. The molecule has 0 aliphatic heterocycles. The summed E-state index contributed by atoms with van der Waals surface area (Å²) in [4.78, 5) is 0. The molecule has 0 spiro atoms. The molecule has 0 radical (unpaired) electrons. The zero-order valence-corrected chi connectivity index (χ0v) is 11.7. The number of hydrogen-bond acceptors (Lipinski definition) is 0. The standard InChI is InChI=1S/C13H15Cl2P/c1-2-3-6-10-9-13(16(14)15)12-8-5-4-7-11(10)12/h4-5,7-9,13H,2-3,6H2,1H3. The Bertz CT molecular complexity index is 399. The van der Waals surface area contributed by atoms with Gasteiger partial charge in [0.05, 0.1) is 12.3 Å². The van der Waals surface area contributed by atoms with Crippen LogP contribution in [-0.2, 0) is 0 Å². The van der Waals surface area contributed by atoms with Crippen molar-refractivity contribution in [3.05, 3.63) is 41.5 Å². The molecule has 0 fully saturated rings. The molecule has 0 N–H and O–H groups in total. The highest BCUT2D eigenvalue weighted by molar-refractivity contribution is 8.04. The van der Waals surface area contributed by atoms with E-state index in [1.807, 2.05) is 0 Å². The van der Waals surface area contributed by atoms with E-state index in [1.165, 1.54) is 29.5 Å². The third kappa shape index (κ3) is 2.45. The number of rotatable bonds is 4. The van der Waals surface area contributed by atoms with Gasteiger partial charge in [-0.1, -0.05) is 66.2 Å². The molecule has 86 valence electrons. The molecule has 0 nitrogen and oxygen atoms in total. The Hall–Kier alpha value is -0.0300. The van der Waals surface area contributed by atoms with Gasteiger partial charge in [0.2, 0.25) is 0 Å². The van der Waals surface area contributed by atoms with Crippen molar-refractivity contribution in [2.75, 3.05) is 0 Å². The van der Waals surface area contributed by atoms with E-state index in [0.717, 1.165) is 6.42 Å². The van der Waals surface area contributed by atoms with E-state index in [-0.39, 0.29) is 5.66 Å². The van der Waals surface area contributed by atoms with Crippen LogP contribution < -0.4 is 0 Å². The quantitative estimate of drug-likeness (QED) is 0.581. The Labute approximate surface area is 108 Å². The van der Waals surface area contributed by atoms with Crippen LogP contribution in [0, 0.1) is 0 Å². The van der Waals surface area contributed by atoms with Crippen molar-refractivity contribution in [3.63, 3.8) is 0 Å². The molecule has 1 unspecified atom stereocenters. The Morgan fingerprint density at radius 1 is 1.25 bits per heavy atom. The first kappa shape index (κ1) is 12.4. The largest absolute Gasteiger partial charge is 0.0969 e. The van der Waals surface area contributed by atoms with Gasteiger partial charge in [0, 0.05) is 0 Å². The highest BCUT2D eigenvalue weighted by Gasteiger charge is 2.27. The van der Waals surface area contributed by atoms with Crippen molar-refractivity contribution in [2.24, 2.45) is 0 Å². The predicted molar refractivity (Wildman–Crippen MR) is 75.3 cm³/mol. The minimum atomic E-state index is -0.962. The Kier molecular flexibility index (Phi) is 4.30. The molecule has 16 heavy (non-hydrogen) atoms. The third-order valence-corrected chi connectivity index (χ3v) is 5.10. The fourth-order valence-corrected chi connectivity index (χ4v) is 3.86. The molecule has 1 atom stereocenters. The van der Waals surface area contributed by atoms with Crippen molar-refractivity contribution in [3.8, 4) is 0 Å². The smallest absolute Gasteiger partial charge is 0.0771 e. The second-order valence-corrected chi connectivity index (χ2v) is 7.87. The molecule has 1 aliphatic rings. The number of benzene rings is 1. The Morgan fingerprint density at radius 2 is 2.00 bits per heavy atom. The Balaban J connectivity index is 2.30. The molecule has 1 aromatic carbocycles. The van der Waals surface area contributed by atoms with Crippen molar-refractivity contribution in [2.45, 2.75) is 31.8 Å². The molecular weight excluding hydrogens is 258 g/mol. The van der Waals surface area contributed by atoms with Crippen LogP contribution in [0.1, 0.15) is 43.0 Å². The lowest BCUT2D eigenvalue weighted by Gasteiger charge is -2.10. The maximum absolute atomic E-state index is 6.10. The molecule has 0 saturated carbocycles. The summed E-state index contributed by atoms with van der Waals surface area (Å²) in [5, 5.41) is 0. The molecule has 0 amide bonds. The van der Waals surface area contributed by atoms with Crippen molar-refractivity contribution < 1.29 is 0 Å². The SMILES string of the molecule is CCCCC1=CC(P(Cl)Cl)c2ccccc21. The van der Waals surface area contributed by atoms with Crippen molar-refractivity contribution >= 4 is 34.7 Å². The van der Waals surface area contributed by atoms with Crippen LogP contribution in [0.5, 0.6) is 0 Å². The molecule has 0 bridgehead atoms. The first-order valence-electron chi connectivity index (χ1n) is 5.64. The van der Waals surface area contributed by atoms with E-state index in [1.54, 1.807) is 0 Å². The maximum Gasteiger partial charge on any atom is 0.0969 e. The summed E-state index contributed by atoms with van der Waals surface area (Å²) in [5.74, 6) is 0. The van der Waals surface area contributed by atoms with Gasteiger partial charge in [-0.25, -0.2) is 0 Å². The fraction of sp³-hybridized carbons (Fsp3) is 0.385. The highest BCUT2D eigenvalue weighted by atomic mass is 35.9. The molecule has 0 heterocycles. The summed E-state index contributed by atoms with van der Waals surface area (Å²) in [6.45, 7) is 1.26. The Morgan fingerprint density at radius 3 is 2.69 bits per heavy atom. The first-order valence-corrected chi connectivity index (χ1v) is 8.87. The van der Waals surface area contributed by atoms with Crippen LogP contribution in [0.25, 0.3) is 5.57 Å². The number of unbranched alkanes of at least 4 members (excludes halogenated alkanes) is 1. The lowest BCUT2D eigenvalue weighted by molar-refractivity contribution is 0.825. The summed E-state index contributed by atoms with van der Waals surface area (Å²) in [5.41, 5.74) is 4.33. The van der Waals surface area contributed by atoms with Gasteiger partial charge in [0.1, 0.15) is 0 Å². The molecule has 1 aromatic rings. The van der Waals surface area contributed by atoms with Crippen LogP contribution in [0.15, 0.2) is 30.3 Å². The van der Waals surface area contributed by atoms with Gasteiger partial charge >= 0.3 is 0 Å². The van der Waals surface area contributed by atoms with Crippen LogP contribution in [0.3, 0.4) is 0 Å². The van der Waals surface area contributed by atoms with Crippen LogP contribution in [0.4, 0.5) is 0 Å². The van der Waals surface area contributed by atoms with Crippen LogP contribution in [-0.4, -0.2) is 0 Å². The zero-order valence-electron chi connectivity index (χ0n) is 9.29. The van der Waals surface area contributed by atoms with E-state index in [4.69, 9.17) is 22.5 Å². The maximum atomic E-state index is 6.10. The van der Waals surface area contributed by atoms with E-state index in [0.29, 0.717) is 0 Å². The normalized spacial score (nSPS) is 18.8. The highest BCUT2D eigenvalue weighted by Crippen LogP contribution is 2.64. The number of allylic oxidation sites excluding steroid dienone is 2.